The number of nitrogens with two attached hydrogens (primary N) is 1. The van der Waals surface area contributed by atoms with Gasteiger partial charge in [0.05, 0.1) is 26.2 Å². The number of hydrogen-bond acceptors (Lipinski definition) is 4. The maximum Gasteiger partial charge on any atom is 0.193 e. The van der Waals surface area contributed by atoms with E-state index in [1.165, 1.54) is 0 Å². The highest BCUT2D eigenvalue weighted by molar-refractivity contribution is 5.93. The third-order valence-corrected chi connectivity index (χ3v) is 3.09. The average Bonchev–Trinajstić information content (AvgIpc) is 3.05. The molecule has 0 saturated heterocycles. The van der Waals surface area contributed by atoms with Crippen LogP contribution in [0.25, 0.3) is 0 Å². The number of hydrogen-bond donors (Lipinski definition) is 2. The van der Waals surface area contributed by atoms with E-state index in [2.05, 4.69) is 15.3 Å². The number of nitrogens with one attached hydrogen (secondary N) is 1. The monoisotopic (exact) mass is 303 g/mol. The molecule has 0 aliphatic rings. The molecule has 1 aromatic carbocycles. The van der Waals surface area contributed by atoms with Gasteiger partial charge in [-0.25, -0.2) is 4.98 Å². The molecule has 7 nitrogen and oxygen atoms in total. The van der Waals surface area contributed by atoms with Crippen molar-refractivity contribution < 1.29 is 9.47 Å². The van der Waals surface area contributed by atoms with Crippen LogP contribution in [0, 0.1) is 0 Å². The van der Waals surface area contributed by atoms with Crippen molar-refractivity contribution >= 4 is 11.6 Å². The molecule has 0 aliphatic heterocycles. The fourth-order valence-corrected chi connectivity index (χ4v) is 1.96. The van der Waals surface area contributed by atoms with Gasteiger partial charge in [0.1, 0.15) is 11.5 Å². The zero-order valence-electron chi connectivity index (χ0n) is 12.8. The Morgan fingerprint density at radius 3 is 2.91 bits per heavy atom. The van der Waals surface area contributed by atoms with Crippen LogP contribution in [0.15, 0.2) is 41.9 Å². The summed E-state index contributed by atoms with van der Waals surface area (Å²) in [5, 5.41) is 3.03. The number of guanidine groups is 1. The summed E-state index contributed by atoms with van der Waals surface area (Å²) >= 11 is 0. The van der Waals surface area contributed by atoms with E-state index in [4.69, 9.17) is 15.2 Å². The van der Waals surface area contributed by atoms with Gasteiger partial charge in [-0.3, -0.25) is 4.99 Å². The highest BCUT2D eigenvalue weighted by Crippen LogP contribution is 2.28. The van der Waals surface area contributed by atoms with E-state index in [1.54, 1.807) is 26.7 Å². The topological polar surface area (TPSA) is 86.7 Å². The third kappa shape index (κ3) is 4.41. The van der Waals surface area contributed by atoms with E-state index in [9.17, 15) is 0 Å². The van der Waals surface area contributed by atoms with Crippen LogP contribution in [0.5, 0.6) is 11.5 Å². The quantitative estimate of drug-likeness (QED) is 0.462. The molecule has 1 heterocycles. The molecule has 0 unspecified atom stereocenters. The molecule has 7 heteroatoms. The summed E-state index contributed by atoms with van der Waals surface area (Å²) in [5.74, 6) is 1.74. The van der Waals surface area contributed by atoms with Gasteiger partial charge in [0.25, 0.3) is 0 Å². The zero-order valence-corrected chi connectivity index (χ0v) is 12.8. The van der Waals surface area contributed by atoms with Gasteiger partial charge in [-0.05, 0) is 18.6 Å². The molecule has 22 heavy (non-hydrogen) atoms. The Hall–Kier alpha value is -2.70. The van der Waals surface area contributed by atoms with Crippen LogP contribution >= 0.6 is 0 Å². The summed E-state index contributed by atoms with van der Waals surface area (Å²) in [6, 6.07) is 5.45. The molecule has 0 radical (unpaired) electrons. The summed E-state index contributed by atoms with van der Waals surface area (Å²) in [6.07, 6.45) is 6.35. The molecule has 3 N–H and O–H groups in total. The second kappa shape index (κ2) is 7.92. The highest BCUT2D eigenvalue weighted by Gasteiger charge is 2.05. The Balaban J connectivity index is 1.90. The van der Waals surface area contributed by atoms with Crippen molar-refractivity contribution in [3.05, 3.63) is 36.9 Å². The number of aliphatic imine (C=N–C) groups is 1. The number of aryl methyl sites for hydroxylation is 1. The first-order chi connectivity index (χ1) is 10.7. The van der Waals surface area contributed by atoms with Crippen LogP contribution in [0.3, 0.4) is 0 Å². The Bertz CT molecular complexity index is 610. The Kier molecular flexibility index (Phi) is 5.65. The molecule has 0 atom stereocenters. The van der Waals surface area contributed by atoms with Crippen molar-refractivity contribution in [1.29, 1.82) is 0 Å². The lowest BCUT2D eigenvalue weighted by Crippen LogP contribution is -2.23. The zero-order chi connectivity index (χ0) is 15.8. The summed E-state index contributed by atoms with van der Waals surface area (Å²) in [4.78, 5) is 8.29. The van der Waals surface area contributed by atoms with Crippen molar-refractivity contribution in [2.45, 2.75) is 13.0 Å². The van der Waals surface area contributed by atoms with Crippen molar-refractivity contribution in [2.75, 3.05) is 26.1 Å². The molecule has 0 aliphatic carbocycles. The number of aromatic nitrogens is 2. The minimum Gasteiger partial charge on any atom is -0.497 e. The number of rotatable bonds is 7. The van der Waals surface area contributed by atoms with Crippen LogP contribution in [0.4, 0.5) is 5.69 Å². The van der Waals surface area contributed by atoms with E-state index in [0.717, 1.165) is 24.4 Å². The fraction of sp³-hybridized carbons (Fsp3) is 0.333. The van der Waals surface area contributed by atoms with Gasteiger partial charge >= 0.3 is 0 Å². The van der Waals surface area contributed by atoms with Gasteiger partial charge in [-0.2, -0.15) is 0 Å². The summed E-state index contributed by atoms with van der Waals surface area (Å²) in [7, 11) is 3.21. The van der Waals surface area contributed by atoms with Crippen LogP contribution < -0.4 is 20.5 Å². The number of imidazole rings is 1. The van der Waals surface area contributed by atoms with Crippen LogP contribution in [-0.4, -0.2) is 36.3 Å². The minimum atomic E-state index is 0.345. The van der Waals surface area contributed by atoms with E-state index < -0.39 is 0 Å². The van der Waals surface area contributed by atoms with Crippen molar-refractivity contribution in [3.8, 4) is 11.5 Å². The van der Waals surface area contributed by atoms with Crippen molar-refractivity contribution in [2.24, 2.45) is 10.7 Å². The maximum atomic E-state index is 5.90. The van der Waals surface area contributed by atoms with E-state index in [1.807, 2.05) is 29.0 Å². The Morgan fingerprint density at radius 1 is 1.36 bits per heavy atom. The molecule has 0 amide bonds. The highest BCUT2D eigenvalue weighted by atomic mass is 16.5. The lowest BCUT2D eigenvalue weighted by molar-refractivity contribution is 0.405. The van der Waals surface area contributed by atoms with Gasteiger partial charge in [0.15, 0.2) is 5.96 Å². The molecule has 1 aromatic heterocycles. The first-order valence-corrected chi connectivity index (χ1v) is 6.97. The predicted molar refractivity (Wildman–Crippen MR) is 86.5 cm³/mol. The number of methoxy groups -OCH3 is 2. The van der Waals surface area contributed by atoms with E-state index >= 15 is 0 Å². The smallest absolute Gasteiger partial charge is 0.193 e. The average molecular weight is 303 g/mol. The Labute approximate surface area is 129 Å². The first-order valence-electron chi connectivity index (χ1n) is 6.97. The van der Waals surface area contributed by atoms with E-state index in [-0.39, 0.29) is 0 Å². The number of ether oxygens (including phenoxy) is 2. The number of nitrogens with zero attached hydrogens (tertiary/aromatic N) is 3. The summed E-state index contributed by atoms with van der Waals surface area (Å²) in [5.41, 5.74) is 6.62. The number of benzene rings is 1. The standard InChI is InChI=1S/C15H21N5O2/c1-21-12-4-5-14(22-2)13(10-12)19-15(16)18-6-3-8-20-9-7-17-11-20/h4-5,7,9-11H,3,6,8H2,1-2H3,(H3,16,18,19). The van der Waals surface area contributed by atoms with Crippen LogP contribution in [0.1, 0.15) is 6.42 Å². The second-order valence-corrected chi connectivity index (χ2v) is 4.61. The molecular weight excluding hydrogens is 282 g/mol. The van der Waals surface area contributed by atoms with E-state index in [0.29, 0.717) is 18.3 Å². The summed E-state index contributed by atoms with van der Waals surface area (Å²) in [6.45, 7) is 1.49. The largest absolute Gasteiger partial charge is 0.497 e. The summed E-state index contributed by atoms with van der Waals surface area (Å²) < 4.78 is 12.5. The first kappa shape index (κ1) is 15.7. The lowest BCUT2D eigenvalue weighted by atomic mass is 10.2. The third-order valence-electron chi connectivity index (χ3n) is 3.09. The second-order valence-electron chi connectivity index (χ2n) is 4.61. The predicted octanol–water partition coefficient (Wildman–Crippen LogP) is 1.72. The molecule has 2 rings (SSSR count). The number of anilines is 1. The fourth-order valence-electron chi connectivity index (χ4n) is 1.96. The molecule has 0 bridgehead atoms. The van der Waals surface area contributed by atoms with Crippen molar-refractivity contribution in [3.63, 3.8) is 0 Å². The molecule has 0 saturated carbocycles. The molecular formula is C15H21N5O2. The van der Waals surface area contributed by atoms with Crippen LogP contribution in [-0.2, 0) is 6.54 Å². The molecule has 0 spiro atoms. The normalized spacial score (nSPS) is 11.3. The van der Waals surface area contributed by atoms with Gasteiger partial charge in [0, 0.05) is 31.5 Å². The molecule has 0 fully saturated rings. The van der Waals surface area contributed by atoms with Gasteiger partial charge in [-0.15, -0.1) is 0 Å². The molecule has 2 aromatic rings. The van der Waals surface area contributed by atoms with Gasteiger partial charge in [-0.1, -0.05) is 0 Å². The maximum absolute atomic E-state index is 5.90. The minimum absolute atomic E-state index is 0.345. The lowest BCUT2D eigenvalue weighted by Gasteiger charge is -2.12. The Morgan fingerprint density at radius 2 is 2.23 bits per heavy atom. The molecule has 118 valence electrons. The van der Waals surface area contributed by atoms with Gasteiger partial charge in [0.2, 0.25) is 0 Å². The van der Waals surface area contributed by atoms with Crippen LogP contribution in [0.2, 0.25) is 0 Å². The SMILES string of the molecule is COc1ccc(OC)c(NC(N)=NCCCn2ccnc2)c1. The van der Waals surface area contributed by atoms with Crippen molar-refractivity contribution in [1.82, 2.24) is 9.55 Å². The van der Waals surface area contributed by atoms with Gasteiger partial charge < -0.3 is 25.1 Å².